The van der Waals surface area contributed by atoms with Gasteiger partial charge in [0.25, 0.3) is 0 Å². The van der Waals surface area contributed by atoms with Gasteiger partial charge in [0.15, 0.2) is 0 Å². The number of benzene rings is 1. The van der Waals surface area contributed by atoms with E-state index in [0.717, 1.165) is 15.9 Å². The average molecular weight is 337 g/mol. The van der Waals surface area contributed by atoms with E-state index in [2.05, 4.69) is 56.9 Å². The zero-order valence-electron chi connectivity index (χ0n) is 11.7. The van der Waals surface area contributed by atoms with Crippen LogP contribution in [0.3, 0.4) is 0 Å². The molecule has 1 heterocycles. The number of carbonyl (C=O) groups is 1. The average Bonchev–Trinajstić information content (AvgIpc) is 2.85. The molecule has 0 aliphatic heterocycles. The van der Waals surface area contributed by atoms with Gasteiger partial charge in [-0.25, -0.2) is 4.79 Å². The van der Waals surface area contributed by atoms with Crippen LogP contribution in [0, 0.1) is 13.8 Å². The fraction of sp³-hybridized carbons (Fsp3) is 0.267. The number of rotatable bonds is 4. The molecule has 5 heteroatoms. The quantitative estimate of drug-likeness (QED) is 0.835. The largest absolute Gasteiger partial charge is 0.464 e. The first-order chi connectivity index (χ1) is 9.51. The third-order valence-corrected chi connectivity index (χ3v) is 3.56. The zero-order chi connectivity index (χ0) is 14.7. The van der Waals surface area contributed by atoms with Crippen LogP contribution in [0.2, 0.25) is 0 Å². The maximum atomic E-state index is 11.4. The summed E-state index contributed by atoms with van der Waals surface area (Å²) >= 11 is 3.48. The van der Waals surface area contributed by atoms with Crippen molar-refractivity contribution in [2.75, 3.05) is 12.4 Å². The Labute approximate surface area is 126 Å². The number of ether oxygens (including phenoxy) is 1. The smallest absolute Gasteiger partial charge is 0.354 e. The van der Waals surface area contributed by atoms with Crippen LogP contribution in [0.5, 0.6) is 0 Å². The second-order valence-corrected chi connectivity index (χ2v) is 5.57. The lowest BCUT2D eigenvalue weighted by atomic mass is 10.1. The number of aromatic nitrogens is 1. The molecule has 106 valence electrons. The lowest BCUT2D eigenvalue weighted by Gasteiger charge is -2.12. The van der Waals surface area contributed by atoms with E-state index >= 15 is 0 Å². The van der Waals surface area contributed by atoms with Crippen molar-refractivity contribution in [2.45, 2.75) is 20.4 Å². The minimum absolute atomic E-state index is 0.354. The monoisotopic (exact) mass is 336 g/mol. The Bertz CT molecular complexity index is 612. The summed E-state index contributed by atoms with van der Waals surface area (Å²) in [5.41, 5.74) is 4.87. The summed E-state index contributed by atoms with van der Waals surface area (Å²) in [5.74, 6) is -0.354. The van der Waals surface area contributed by atoms with E-state index in [4.69, 9.17) is 0 Å². The van der Waals surface area contributed by atoms with Crippen LogP contribution in [0.1, 0.15) is 27.3 Å². The van der Waals surface area contributed by atoms with Gasteiger partial charge in [0.05, 0.1) is 13.7 Å². The van der Waals surface area contributed by atoms with Crippen molar-refractivity contribution >= 4 is 27.6 Å². The molecular formula is C15H17BrN2O2. The highest BCUT2D eigenvalue weighted by molar-refractivity contribution is 9.10. The molecule has 0 amide bonds. The number of methoxy groups -OCH3 is 1. The maximum absolute atomic E-state index is 11.4. The number of H-pyrrole nitrogens is 1. The summed E-state index contributed by atoms with van der Waals surface area (Å²) < 4.78 is 5.74. The molecule has 0 bridgehead atoms. The minimum atomic E-state index is -0.354. The highest BCUT2D eigenvalue weighted by Crippen LogP contribution is 2.25. The molecule has 0 spiro atoms. The normalized spacial score (nSPS) is 10.4. The second kappa shape index (κ2) is 6.13. The molecule has 2 N–H and O–H groups in total. The van der Waals surface area contributed by atoms with Crippen molar-refractivity contribution in [3.63, 3.8) is 0 Å². The van der Waals surface area contributed by atoms with Gasteiger partial charge in [-0.1, -0.05) is 15.9 Å². The van der Waals surface area contributed by atoms with E-state index in [-0.39, 0.29) is 5.97 Å². The highest BCUT2D eigenvalue weighted by atomic mass is 79.9. The van der Waals surface area contributed by atoms with Crippen molar-refractivity contribution in [3.8, 4) is 0 Å². The first kappa shape index (κ1) is 14.7. The Morgan fingerprint density at radius 2 is 1.95 bits per heavy atom. The van der Waals surface area contributed by atoms with Crippen LogP contribution in [0.25, 0.3) is 0 Å². The van der Waals surface area contributed by atoms with Crippen LogP contribution in [0.15, 0.2) is 28.7 Å². The number of aromatic amines is 1. The molecule has 2 rings (SSSR count). The number of nitrogens with one attached hydrogen (secondary N) is 2. The molecule has 0 fully saturated rings. The number of anilines is 1. The van der Waals surface area contributed by atoms with Gasteiger partial charge in [-0.3, -0.25) is 0 Å². The predicted molar refractivity (Wildman–Crippen MR) is 83.1 cm³/mol. The number of aryl methyl sites for hydroxylation is 2. The third kappa shape index (κ3) is 3.22. The van der Waals surface area contributed by atoms with Crippen molar-refractivity contribution in [3.05, 3.63) is 51.3 Å². The molecule has 0 radical (unpaired) electrons. The molecular weight excluding hydrogens is 320 g/mol. The van der Waals surface area contributed by atoms with E-state index in [1.54, 1.807) is 6.07 Å². The van der Waals surface area contributed by atoms with Gasteiger partial charge in [-0.05, 0) is 49.2 Å². The molecule has 1 aromatic carbocycles. The highest BCUT2D eigenvalue weighted by Gasteiger charge is 2.09. The van der Waals surface area contributed by atoms with Gasteiger partial charge < -0.3 is 15.0 Å². The zero-order valence-corrected chi connectivity index (χ0v) is 13.3. The fourth-order valence-corrected chi connectivity index (χ4v) is 2.83. The second-order valence-electron chi connectivity index (χ2n) is 4.66. The number of hydrogen-bond donors (Lipinski definition) is 2. The molecule has 0 aliphatic carbocycles. The molecule has 0 aliphatic rings. The summed E-state index contributed by atoms with van der Waals surface area (Å²) in [6.45, 7) is 4.75. The Morgan fingerprint density at radius 3 is 2.55 bits per heavy atom. The maximum Gasteiger partial charge on any atom is 0.354 e. The predicted octanol–water partition coefficient (Wildman–Crippen LogP) is 3.79. The lowest BCUT2D eigenvalue weighted by Crippen LogP contribution is -2.05. The van der Waals surface area contributed by atoms with E-state index in [1.807, 2.05) is 6.07 Å². The number of carbonyl (C=O) groups excluding carboxylic acids is 1. The van der Waals surface area contributed by atoms with Crippen molar-refractivity contribution in [2.24, 2.45) is 0 Å². The fourth-order valence-electron chi connectivity index (χ4n) is 2.15. The molecule has 20 heavy (non-hydrogen) atoms. The number of halogens is 1. The molecule has 2 aromatic rings. The lowest BCUT2D eigenvalue weighted by molar-refractivity contribution is 0.0594. The van der Waals surface area contributed by atoms with E-state index in [9.17, 15) is 4.79 Å². The Kier molecular flexibility index (Phi) is 4.49. The van der Waals surface area contributed by atoms with Gasteiger partial charge in [0, 0.05) is 15.9 Å². The minimum Gasteiger partial charge on any atom is -0.464 e. The Balaban J connectivity index is 2.09. The van der Waals surface area contributed by atoms with Crippen molar-refractivity contribution in [1.82, 2.24) is 4.98 Å². The van der Waals surface area contributed by atoms with Crippen molar-refractivity contribution in [1.29, 1.82) is 0 Å². The molecule has 0 unspecified atom stereocenters. The van der Waals surface area contributed by atoms with Gasteiger partial charge in [0.2, 0.25) is 0 Å². The van der Waals surface area contributed by atoms with Crippen LogP contribution < -0.4 is 5.32 Å². The first-order valence-electron chi connectivity index (χ1n) is 6.28. The SMILES string of the molecule is COC(=O)c1ccc(CNc2c(C)cc(Br)cc2C)[nH]1. The van der Waals surface area contributed by atoms with Crippen LogP contribution in [-0.4, -0.2) is 18.1 Å². The molecule has 1 aromatic heterocycles. The van der Waals surface area contributed by atoms with Crippen molar-refractivity contribution < 1.29 is 9.53 Å². The topological polar surface area (TPSA) is 54.1 Å². The van der Waals surface area contributed by atoms with E-state index < -0.39 is 0 Å². The van der Waals surface area contributed by atoms with Gasteiger partial charge in [-0.15, -0.1) is 0 Å². The van der Waals surface area contributed by atoms with Crippen LogP contribution in [-0.2, 0) is 11.3 Å². The Hall–Kier alpha value is -1.75. The van der Waals surface area contributed by atoms with Gasteiger partial charge in [-0.2, -0.15) is 0 Å². The summed E-state index contributed by atoms with van der Waals surface area (Å²) in [6.07, 6.45) is 0. The summed E-state index contributed by atoms with van der Waals surface area (Å²) in [6, 6.07) is 7.75. The number of hydrogen-bond acceptors (Lipinski definition) is 3. The van der Waals surface area contributed by atoms with Crippen LogP contribution in [0.4, 0.5) is 5.69 Å². The third-order valence-electron chi connectivity index (χ3n) is 3.10. The molecule has 0 saturated carbocycles. The molecule has 0 saturated heterocycles. The van der Waals surface area contributed by atoms with E-state index in [1.165, 1.54) is 18.2 Å². The van der Waals surface area contributed by atoms with Crippen LogP contribution >= 0.6 is 15.9 Å². The van der Waals surface area contributed by atoms with Gasteiger partial charge >= 0.3 is 5.97 Å². The summed E-state index contributed by atoms with van der Waals surface area (Å²) in [7, 11) is 1.37. The van der Waals surface area contributed by atoms with E-state index in [0.29, 0.717) is 12.2 Å². The summed E-state index contributed by atoms with van der Waals surface area (Å²) in [4.78, 5) is 14.4. The summed E-state index contributed by atoms with van der Waals surface area (Å²) in [5, 5.41) is 3.39. The molecule has 4 nitrogen and oxygen atoms in total. The van der Waals surface area contributed by atoms with Gasteiger partial charge in [0.1, 0.15) is 5.69 Å². The first-order valence-corrected chi connectivity index (χ1v) is 7.07. The molecule has 0 atom stereocenters. The Morgan fingerprint density at radius 1 is 1.30 bits per heavy atom. The number of esters is 1. The standard InChI is InChI=1S/C15H17BrN2O2/c1-9-6-11(16)7-10(2)14(9)17-8-12-4-5-13(18-12)15(19)20-3/h4-7,17-18H,8H2,1-3H3.